The molecule has 1 aliphatic rings. The third kappa shape index (κ3) is 3.34. The summed E-state index contributed by atoms with van der Waals surface area (Å²) in [7, 11) is 1.27. The molecule has 0 saturated heterocycles. The van der Waals surface area contributed by atoms with Crippen molar-refractivity contribution < 1.29 is 22.8 Å². The van der Waals surface area contributed by atoms with Crippen molar-refractivity contribution in [1.29, 1.82) is 0 Å². The molecule has 9 heteroatoms. The van der Waals surface area contributed by atoms with Crippen LogP contribution in [0, 0.1) is 5.92 Å². The molecule has 0 bridgehead atoms. The number of imidazole rings is 1. The average Bonchev–Trinajstić information content (AvgIpc) is 3.27. The lowest BCUT2D eigenvalue weighted by Crippen LogP contribution is -2.36. The molecule has 0 unspecified atom stereocenters. The van der Waals surface area contributed by atoms with E-state index in [1.807, 2.05) is 0 Å². The van der Waals surface area contributed by atoms with Crippen LogP contribution in [-0.4, -0.2) is 27.9 Å². The molecule has 2 amide bonds. The van der Waals surface area contributed by atoms with Gasteiger partial charge >= 0.3 is 18.0 Å². The smallest absolute Gasteiger partial charge is 0.348 e. The number of rotatable bonds is 3. The van der Waals surface area contributed by atoms with Gasteiger partial charge in [-0.05, 0) is 37.0 Å². The van der Waals surface area contributed by atoms with Gasteiger partial charge in [0, 0.05) is 19.3 Å². The first-order valence-electron chi connectivity index (χ1n) is 7.38. The number of fused-ring (bicyclic) bond motifs is 1. The molecule has 1 saturated carbocycles. The number of benzene rings is 1. The van der Waals surface area contributed by atoms with Gasteiger partial charge in [-0.15, -0.1) is 0 Å². The van der Waals surface area contributed by atoms with Crippen LogP contribution in [-0.2, 0) is 22.8 Å². The Bertz CT molecular complexity index is 809. The third-order valence-corrected chi connectivity index (χ3v) is 3.85. The first-order chi connectivity index (χ1) is 11.3. The van der Waals surface area contributed by atoms with E-state index >= 15 is 0 Å². The Morgan fingerprint density at radius 2 is 2.00 bits per heavy atom. The van der Waals surface area contributed by atoms with Crippen LogP contribution >= 0.6 is 0 Å². The highest BCUT2D eigenvalue weighted by Crippen LogP contribution is 2.31. The molecule has 3 rings (SSSR count). The van der Waals surface area contributed by atoms with Crippen LogP contribution in [0.15, 0.2) is 18.2 Å². The van der Waals surface area contributed by atoms with Crippen molar-refractivity contribution in [3.8, 4) is 0 Å². The number of aryl methyl sites for hydroxylation is 1. The third-order valence-electron chi connectivity index (χ3n) is 3.85. The van der Waals surface area contributed by atoms with E-state index in [2.05, 4.69) is 15.6 Å². The number of halogens is 3. The van der Waals surface area contributed by atoms with Gasteiger partial charge in [-0.3, -0.25) is 9.59 Å². The molecule has 1 aromatic carbocycles. The Balaban J connectivity index is 1.75. The maximum Gasteiger partial charge on any atom is 0.449 e. The van der Waals surface area contributed by atoms with Crippen LogP contribution in [0.4, 0.5) is 18.9 Å². The summed E-state index contributed by atoms with van der Waals surface area (Å²) in [4.78, 5) is 27.0. The van der Waals surface area contributed by atoms with E-state index in [1.54, 1.807) is 0 Å². The quantitative estimate of drug-likeness (QED) is 0.840. The average molecular weight is 340 g/mol. The van der Waals surface area contributed by atoms with Crippen LogP contribution in [0.5, 0.6) is 0 Å². The van der Waals surface area contributed by atoms with Gasteiger partial charge in [-0.1, -0.05) is 0 Å². The largest absolute Gasteiger partial charge is 0.449 e. The Kier molecular flexibility index (Phi) is 3.94. The number of anilines is 1. The van der Waals surface area contributed by atoms with Crippen molar-refractivity contribution in [2.24, 2.45) is 13.0 Å². The van der Waals surface area contributed by atoms with Gasteiger partial charge in [0.2, 0.25) is 5.82 Å². The fourth-order valence-electron chi connectivity index (χ4n) is 2.36. The van der Waals surface area contributed by atoms with E-state index in [-0.39, 0.29) is 16.7 Å². The van der Waals surface area contributed by atoms with Crippen molar-refractivity contribution in [2.75, 3.05) is 11.9 Å². The Hall–Kier alpha value is -2.58. The second-order valence-corrected chi connectivity index (χ2v) is 5.80. The maximum absolute atomic E-state index is 12.9. The highest BCUT2D eigenvalue weighted by molar-refractivity contribution is 6.39. The standard InChI is InChI=1S/C15H15F3N4O2/c1-22-11-5-4-9(6-10(11)21-14(22)15(16,17)18)20-13(24)12(23)19-7-8-2-3-8/h4-6,8H,2-3,7H2,1H3,(H,19,23)(H,20,24). The predicted molar refractivity (Wildman–Crippen MR) is 80.1 cm³/mol. The Labute approximate surface area is 135 Å². The van der Waals surface area contributed by atoms with E-state index in [1.165, 1.54) is 25.2 Å². The summed E-state index contributed by atoms with van der Waals surface area (Å²) in [5, 5.41) is 4.88. The highest BCUT2D eigenvalue weighted by Gasteiger charge is 2.36. The van der Waals surface area contributed by atoms with Gasteiger partial charge < -0.3 is 15.2 Å². The van der Waals surface area contributed by atoms with Crippen molar-refractivity contribution in [3.63, 3.8) is 0 Å². The van der Waals surface area contributed by atoms with Crippen LogP contribution in [0.25, 0.3) is 11.0 Å². The molecule has 1 aromatic heterocycles. The normalized spacial score (nSPS) is 14.7. The van der Waals surface area contributed by atoms with Crippen LogP contribution in [0.1, 0.15) is 18.7 Å². The molecule has 128 valence electrons. The maximum atomic E-state index is 12.9. The zero-order valence-corrected chi connectivity index (χ0v) is 12.8. The summed E-state index contributed by atoms with van der Waals surface area (Å²) in [6.45, 7) is 0.459. The van der Waals surface area contributed by atoms with Gasteiger partial charge in [0.1, 0.15) is 0 Å². The molecule has 24 heavy (non-hydrogen) atoms. The van der Waals surface area contributed by atoms with Crippen molar-refractivity contribution in [3.05, 3.63) is 24.0 Å². The summed E-state index contributed by atoms with van der Waals surface area (Å²) < 4.78 is 39.5. The first-order valence-corrected chi connectivity index (χ1v) is 7.38. The van der Waals surface area contributed by atoms with E-state index < -0.39 is 23.8 Å². The number of nitrogens with one attached hydrogen (secondary N) is 2. The first kappa shape index (κ1) is 16.3. The van der Waals surface area contributed by atoms with Crippen molar-refractivity contribution in [2.45, 2.75) is 19.0 Å². The number of hydrogen-bond acceptors (Lipinski definition) is 3. The molecule has 6 nitrogen and oxygen atoms in total. The van der Waals surface area contributed by atoms with E-state index in [9.17, 15) is 22.8 Å². The minimum atomic E-state index is -4.57. The number of aromatic nitrogens is 2. The van der Waals surface area contributed by atoms with Gasteiger partial charge in [-0.25, -0.2) is 4.98 Å². The summed E-state index contributed by atoms with van der Waals surface area (Å²) in [6.07, 6.45) is -2.49. The fraction of sp³-hybridized carbons (Fsp3) is 0.400. The molecule has 0 atom stereocenters. The zero-order valence-electron chi connectivity index (χ0n) is 12.8. The molecule has 0 spiro atoms. The van der Waals surface area contributed by atoms with E-state index in [4.69, 9.17) is 0 Å². The molecule has 0 radical (unpaired) electrons. The highest BCUT2D eigenvalue weighted by atomic mass is 19.4. The van der Waals surface area contributed by atoms with E-state index in [0.29, 0.717) is 12.5 Å². The molecular weight excluding hydrogens is 325 g/mol. The molecule has 2 aromatic rings. The summed E-state index contributed by atoms with van der Waals surface area (Å²) in [5.74, 6) is -2.21. The van der Waals surface area contributed by atoms with Gasteiger partial charge in [0.15, 0.2) is 0 Å². The number of nitrogens with zero attached hydrogens (tertiary/aromatic N) is 2. The monoisotopic (exact) mass is 340 g/mol. The lowest BCUT2D eigenvalue weighted by molar-refractivity contribution is -0.146. The van der Waals surface area contributed by atoms with Crippen molar-refractivity contribution >= 4 is 28.5 Å². The summed E-state index contributed by atoms with van der Waals surface area (Å²) >= 11 is 0. The topological polar surface area (TPSA) is 76.0 Å². The van der Waals surface area contributed by atoms with Crippen molar-refractivity contribution in [1.82, 2.24) is 14.9 Å². The number of hydrogen-bond donors (Lipinski definition) is 2. The predicted octanol–water partition coefficient (Wildman–Crippen LogP) is 2.06. The lowest BCUT2D eigenvalue weighted by Gasteiger charge is -2.06. The van der Waals surface area contributed by atoms with Gasteiger partial charge in [0.05, 0.1) is 11.0 Å². The van der Waals surface area contributed by atoms with Gasteiger partial charge in [0.25, 0.3) is 0 Å². The summed E-state index contributed by atoms with van der Waals surface area (Å²) in [5.41, 5.74) is 0.570. The fourth-order valence-corrected chi connectivity index (χ4v) is 2.36. The van der Waals surface area contributed by atoms with E-state index in [0.717, 1.165) is 17.4 Å². The molecule has 0 aliphatic heterocycles. The number of carbonyl (C=O) groups is 2. The molecule has 2 N–H and O–H groups in total. The Morgan fingerprint density at radius 1 is 1.29 bits per heavy atom. The molecule has 1 heterocycles. The summed E-state index contributed by atoms with van der Waals surface area (Å²) in [6, 6.07) is 4.14. The molecular formula is C15H15F3N4O2. The van der Waals surface area contributed by atoms with Crippen LogP contribution in [0.2, 0.25) is 0 Å². The Morgan fingerprint density at radius 3 is 2.62 bits per heavy atom. The molecule has 1 fully saturated rings. The van der Waals surface area contributed by atoms with Gasteiger partial charge in [-0.2, -0.15) is 13.2 Å². The second kappa shape index (κ2) is 5.81. The lowest BCUT2D eigenvalue weighted by atomic mass is 10.2. The van der Waals surface area contributed by atoms with Crippen LogP contribution < -0.4 is 10.6 Å². The SMILES string of the molecule is Cn1c(C(F)(F)F)nc2cc(NC(=O)C(=O)NCC3CC3)ccc21. The minimum Gasteiger partial charge on any atom is -0.348 e. The number of carbonyl (C=O) groups excluding carboxylic acids is 2. The molecule has 1 aliphatic carbocycles. The van der Waals surface area contributed by atoms with Crippen LogP contribution in [0.3, 0.4) is 0 Å². The second-order valence-electron chi connectivity index (χ2n) is 5.80. The minimum absolute atomic E-state index is 0.0843. The number of alkyl halides is 3. The zero-order chi connectivity index (χ0) is 17.5. The number of amides is 2.